The molecule has 1 heterocycles. The van der Waals surface area contributed by atoms with Gasteiger partial charge in [0.05, 0.1) is 12.6 Å². The Kier molecular flexibility index (Phi) is 4.56. The van der Waals surface area contributed by atoms with Gasteiger partial charge in [0, 0.05) is 25.7 Å². The van der Waals surface area contributed by atoms with Crippen molar-refractivity contribution >= 4 is 5.91 Å². The van der Waals surface area contributed by atoms with E-state index in [2.05, 4.69) is 46.7 Å². The second-order valence-corrected chi connectivity index (χ2v) is 6.32. The van der Waals surface area contributed by atoms with E-state index in [-0.39, 0.29) is 11.9 Å². The Hall–Kier alpha value is -1.39. The van der Waals surface area contributed by atoms with Gasteiger partial charge in [0.25, 0.3) is 0 Å². The molecular weight excluding hydrogens is 262 g/mol. The van der Waals surface area contributed by atoms with Crippen LogP contribution in [-0.2, 0) is 4.79 Å². The first-order chi connectivity index (χ1) is 10.2. The highest BCUT2D eigenvalue weighted by atomic mass is 16.2. The maximum atomic E-state index is 12.4. The van der Waals surface area contributed by atoms with E-state index in [0.717, 1.165) is 19.6 Å². The maximum absolute atomic E-state index is 12.4. The molecular formula is C17H25N3O. The smallest absolute Gasteiger partial charge is 0.234 e. The zero-order chi connectivity index (χ0) is 14.7. The van der Waals surface area contributed by atoms with Gasteiger partial charge in [-0.25, -0.2) is 0 Å². The van der Waals surface area contributed by atoms with Gasteiger partial charge < -0.3 is 10.6 Å². The molecule has 2 atom stereocenters. The van der Waals surface area contributed by atoms with E-state index in [1.807, 2.05) is 6.07 Å². The fourth-order valence-electron chi connectivity index (χ4n) is 3.08. The van der Waals surface area contributed by atoms with Gasteiger partial charge in [0.1, 0.15) is 0 Å². The molecule has 0 radical (unpaired) electrons. The lowest BCUT2D eigenvalue weighted by molar-refractivity contribution is -0.123. The van der Waals surface area contributed by atoms with Gasteiger partial charge in [-0.05, 0) is 31.2 Å². The molecule has 3 rings (SSSR count). The summed E-state index contributed by atoms with van der Waals surface area (Å²) in [5.74, 6) is 0.779. The Balaban J connectivity index is 1.59. The lowest BCUT2D eigenvalue weighted by Gasteiger charge is -2.33. The van der Waals surface area contributed by atoms with Crippen molar-refractivity contribution in [3.05, 3.63) is 35.9 Å². The van der Waals surface area contributed by atoms with Gasteiger partial charge in [-0.15, -0.1) is 0 Å². The number of nitrogens with one attached hydrogen (secondary N) is 2. The quantitative estimate of drug-likeness (QED) is 0.863. The van der Waals surface area contributed by atoms with Crippen molar-refractivity contribution in [2.24, 2.45) is 5.92 Å². The van der Waals surface area contributed by atoms with Crippen LogP contribution in [0.2, 0.25) is 0 Å². The first-order valence-electron chi connectivity index (χ1n) is 8.03. The molecule has 1 aliphatic carbocycles. The fourth-order valence-corrected chi connectivity index (χ4v) is 3.08. The number of hydrogen-bond acceptors (Lipinski definition) is 3. The number of nitrogens with zero attached hydrogens (tertiary/aromatic N) is 1. The summed E-state index contributed by atoms with van der Waals surface area (Å²) in [5.41, 5.74) is 1.24. The molecule has 2 N–H and O–H groups in total. The van der Waals surface area contributed by atoms with E-state index in [1.54, 1.807) is 0 Å². The second-order valence-electron chi connectivity index (χ2n) is 6.32. The van der Waals surface area contributed by atoms with Crippen LogP contribution in [0.1, 0.15) is 31.4 Å². The largest absolute Gasteiger partial charge is 0.348 e. The first kappa shape index (κ1) is 14.5. The minimum atomic E-state index is 0.157. The third-order valence-corrected chi connectivity index (χ3v) is 4.55. The summed E-state index contributed by atoms with van der Waals surface area (Å²) in [6, 6.07) is 11.0. The Morgan fingerprint density at radius 2 is 2.14 bits per heavy atom. The average Bonchev–Trinajstić information content (AvgIpc) is 3.33. The van der Waals surface area contributed by atoms with E-state index in [0.29, 0.717) is 18.5 Å². The van der Waals surface area contributed by atoms with Gasteiger partial charge >= 0.3 is 0 Å². The van der Waals surface area contributed by atoms with Crippen LogP contribution in [0.3, 0.4) is 0 Å². The molecule has 4 nitrogen and oxygen atoms in total. The molecule has 1 saturated carbocycles. The molecule has 1 aliphatic heterocycles. The average molecular weight is 287 g/mol. The minimum absolute atomic E-state index is 0.157. The SMILES string of the molecule is C[C@H]1CNCCN1CC(=O)NC(c1ccccc1)C1CC1. The Labute approximate surface area is 126 Å². The van der Waals surface area contributed by atoms with Crippen molar-refractivity contribution in [2.75, 3.05) is 26.2 Å². The van der Waals surface area contributed by atoms with Gasteiger partial charge in [-0.2, -0.15) is 0 Å². The molecule has 0 aromatic heterocycles. The maximum Gasteiger partial charge on any atom is 0.234 e. The minimum Gasteiger partial charge on any atom is -0.348 e. The predicted octanol–water partition coefficient (Wildman–Crippen LogP) is 1.55. The first-order valence-corrected chi connectivity index (χ1v) is 8.03. The van der Waals surface area contributed by atoms with Crippen molar-refractivity contribution in [2.45, 2.75) is 31.8 Å². The number of piperazine rings is 1. The standard InChI is InChI=1S/C17H25N3O/c1-13-11-18-9-10-20(13)12-16(21)19-17(15-7-8-15)14-5-3-2-4-6-14/h2-6,13,15,17-18H,7-12H2,1H3,(H,19,21)/t13-,17?/m0/s1. The van der Waals surface area contributed by atoms with Crippen LogP contribution in [0.25, 0.3) is 0 Å². The molecule has 2 fully saturated rings. The predicted molar refractivity (Wildman–Crippen MR) is 84.0 cm³/mol. The Morgan fingerprint density at radius 1 is 1.38 bits per heavy atom. The molecule has 0 spiro atoms. The number of carbonyl (C=O) groups excluding carboxylic acids is 1. The third-order valence-electron chi connectivity index (χ3n) is 4.55. The molecule has 114 valence electrons. The summed E-state index contributed by atoms with van der Waals surface area (Å²) in [7, 11) is 0. The van der Waals surface area contributed by atoms with Gasteiger partial charge in [-0.3, -0.25) is 9.69 Å². The summed E-state index contributed by atoms with van der Waals surface area (Å²) in [6.07, 6.45) is 2.45. The number of hydrogen-bond donors (Lipinski definition) is 2. The molecule has 4 heteroatoms. The van der Waals surface area contributed by atoms with Crippen LogP contribution >= 0.6 is 0 Å². The van der Waals surface area contributed by atoms with E-state index < -0.39 is 0 Å². The van der Waals surface area contributed by atoms with Gasteiger partial charge in [0.15, 0.2) is 0 Å². The topological polar surface area (TPSA) is 44.4 Å². The summed E-state index contributed by atoms with van der Waals surface area (Å²) in [4.78, 5) is 14.7. The fraction of sp³-hybridized carbons (Fsp3) is 0.588. The number of benzene rings is 1. The Morgan fingerprint density at radius 3 is 2.81 bits per heavy atom. The van der Waals surface area contributed by atoms with Crippen LogP contribution in [0.5, 0.6) is 0 Å². The summed E-state index contributed by atoms with van der Waals surface area (Å²) < 4.78 is 0. The number of amides is 1. The van der Waals surface area contributed by atoms with Gasteiger partial charge in [0.2, 0.25) is 5.91 Å². The number of carbonyl (C=O) groups is 1. The van der Waals surface area contributed by atoms with Crippen molar-refractivity contribution in [1.82, 2.24) is 15.5 Å². The molecule has 2 aliphatic rings. The lowest BCUT2D eigenvalue weighted by Crippen LogP contribution is -2.53. The monoisotopic (exact) mass is 287 g/mol. The van der Waals surface area contributed by atoms with E-state index in [1.165, 1.54) is 18.4 Å². The summed E-state index contributed by atoms with van der Waals surface area (Å²) in [6.45, 7) is 5.59. The third kappa shape index (κ3) is 3.83. The van der Waals surface area contributed by atoms with Crippen LogP contribution < -0.4 is 10.6 Å². The van der Waals surface area contributed by atoms with Crippen molar-refractivity contribution in [1.29, 1.82) is 0 Å². The summed E-state index contributed by atoms with van der Waals surface area (Å²) >= 11 is 0. The zero-order valence-electron chi connectivity index (χ0n) is 12.7. The molecule has 1 aromatic carbocycles. The zero-order valence-corrected chi connectivity index (χ0v) is 12.7. The Bertz CT molecular complexity index is 472. The highest BCUT2D eigenvalue weighted by Crippen LogP contribution is 2.40. The van der Waals surface area contributed by atoms with Crippen LogP contribution in [0.4, 0.5) is 0 Å². The molecule has 1 aromatic rings. The van der Waals surface area contributed by atoms with Crippen molar-refractivity contribution in [3.63, 3.8) is 0 Å². The second kappa shape index (κ2) is 6.58. The molecule has 1 amide bonds. The molecule has 1 saturated heterocycles. The van der Waals surface area contributed by atoms with E-state index in [4.69, 9.17) is 0 Å². The normalized spacial score (nSPS) is 24.5. The number of rotatable bonds is 5. The van der Waals surface area contributed by atoms with Crippen molar-refractivity contribution in [3.8, 4) is 0 Å². The molecule has 0 bridgehead atoms. The van der Waals surface area contributed by atoms with E-state index in [9.17, 15) is 4.79 Å². The van der Waals surface area contributed by atoms with Crippen molar-refractivity contribution < 1.29 is 4.79 Å². The van der Waals surface area contributed by atoms with Crippen LogP contribution in [0, 0.1) is 5.92 Å². The van der Waals surface area contributed by atoms with Crippen LogP contribution in [-0.4, -0.2) is 43.0 Å². The lowest BCUT2D eigenvalue weighted by atomic mass is 10.0. The van der Waals surface area contributed by atoms with Crippen LogP contribution in [0.15, 0.2) is 30.3 Å². The van der Waals surface area contributed by atoms with E-state index >= 15 is 0 Å². The highest BCUT2D eigenvalue weighted by molar-refractivity contribution is 5.78. The van der Waals surface area contributed by atoms with Gasteiger partial charge in [-0.1, -0.05) is 30.3 Å². The highest BCUT2D eigenvalue weighted by Gasteiger charge is 2.33. The molecule has 21 heavy (non-hydrogen) atoms. The summed E-state index contributed by atoms with van der Waals surface area (Å²) in [5, 5.41) is 6.62. The molecule has 1 unspecified atom stereocenters.